The molecule has 1 fully saturated rings. The SMILES string of the molecule is COC[C@@H](C)Cc1cc(NC(=O)N2CCCc3cc(CN4CC[C@H](OC)C4=O)c(C=O)nc32)ncc1C#N. The van der Waals surface area contributed by atoms with Gasteiger partial charge < -0.3 is 14.4 Å². The summed E-state index contributed by atoms with van der Waals surface area (Å²) in [6, 6.07) is 5.31. The van der Waals surface area contributed by atoms with Gasteiger partial charge in [0.05, 0.1) is 5.56 Å². The van der Waals surface area contributed by atoms with Gasteiger partial charge in [-0.3, -0.25) is 19.8 Å². The number of likely N-dealkylation sites (tertiary alicyclic amines) is 1. The second-order valence-corrected chi connectivity index (χ2v) is 9.69. The summed E-state index contributed by atoms with van der Waals surface area (Å²) in [6.07, 6.45) is 4.28. The first kappa shape index (κ1) is 27.2. The van der Waals surface area contributed by atoms with Crippen LogP contribution in [0.1, 0.15) is 52.5 Å². The molecule has 0 aromatic carbocycles. The van der Waals surface area contributed by atoms with Crippen LogP contribution < -0.4 is 10.2 Å². The normalized spacial score (nSPS) is 17.6. The van der Waals surface area contributed by atoms with E-state index in [1.54, 1.807) is 18.1 Å². The van der Waals surface area contributed by atoms with Crippen molar-refractivity contribution >= 4 is 29.9 Å². The van der Waals surface area contributed by atoms with Crippen LogP contribution in [0, 0.1) is 17.2 Å². The maximum absolute atomic E-state index is 13.3. The number of pyridine rings is 2. The van der Waals surface area contributed by atoms with Gasteiger partial charge in [-0.1, -0.05) is 6.92 Å². The van der Waals surface area contributed by atoms with Gasteiger partial charge in [-0.05, 0) is 48.4 Å². The molecule has 2 atom stereocenters. The highest BCUT2D eigenvalue weighted by molar-refractivity contribution is 6.01. The van der Waals surface area contributed by atoms with Gasteiger partial charge in [-0.15, -0.1) is 0 Å². The number of fused-ring (bicyclic) bond motifs is 1. The van der Waals surface area contributed by atoms with E-state index >= 15 is 0 Å². The van der Waals surface area contributed by atoms with Crippen molar-refractivity contribution in [3.8, 4) is 6.07 Å². The smallest absolute Gasteiger partial charge is 0.328 e. The zero-order chi connectivity index (χ0) is 27.2. The first-order chi connectivity index (χ1) is 18.4. The molecule has 2 aromatic rings. The Morgan fingerprint density at radius 3 is 2.82 bits per heavy atom. The molecule has 0 spiro atoms. The largest absolute Gasteiger partial charge is 0.384 e. The standard InChI is InChI=1S/C27H32N6O5/c1-17(16-37-2)9-19-11-24(29-13-21(19)12-28)31-27(36)33-7-4-5-18-10-20(22(15-34)30-25(18)33)14-32-8-6-23(38-3)26(32)35/h10-11,13,15,17,23H,4-9,14,16H2,1-3H3,(H,29,31,36)/t17-,23-/m0/s1. The number of hydrogen-bond acceptors (Lipinski definition) is 8. The number of methoxy groups -OCH3 is 2. The summed E-state index contributed by atoms with van der Waals surface area (Å²) >= 11 is 0. The Morgan fingerprint density at radius 1 is 1.32 bits per heavy atom. The zero-order valence-electron chi connectivity index (χ0n) is 21.9. The molecule has 0 bridgehead atoms. The lowest BCUT2D eigenvalue weighted by Crippen LogP contribution is -2.40. The van der Waals surface area contributed by atoms with E-state index in [4.69, 9.17) is 9.47 Å². The molecule has 11 heteroatoms. The van der Waals surface area contributed by atoms with Crippen molar-refractivity contribution in [3.05, 3.63) is 46.3 Å². The fraction of sp³-hybridized carbons (Fsp3) is 0.481. The van der Waals surface area contributed by atoms with Crippen LogP contribution in [-0.2, 0) is 33.7 Å². The number of aromatic nitrogens is 2. The monoisotopic (exact) mass is 520 g/mol. The summed E-state index contributed by atoms with van der Waals surface area (Å²) in [5.41, 5.74) is 2.91. The highest BCUT2D eigenvalue weighted by atomic mass is 16.5. The highest BCUT2D eigenvalue weighted by Gasteiger charge is 2.33. The second-order valence-electron chi connectivity index (χ2n) is 9.69. The van der Waals surface area contributed by atoms with Crippen molar-refractivity contribution in [1.29, 1.82) is 5.26 Å². The lowest BCUT2D eigenvalue weighted by atomic mass is 9.99. The topological polar surface area (TPSA) is 138 Å². The number of nitrogens with one attached hydrogen (secondary N) is 1. The van der Waals surface area contributed by atoms with Gasteiger partial charge in [0, 0.05) is 58.6 Å². The number of amides is 3. The Kier molecular flexibility index (Phi) is 8.66. The Labute approximate surface area is 221 Å². The van der Waals surface area contributed by atoms with E-state index in [2.05, 4.69) is 21.4 Å². The quantitative estimate of drug-likeness (QED) is 0.498. The van der Waals surface area contributed by atoms with Gasteiger partial charge in [-0.2, -0.15) is 5.26 Å². The Balaban J connectivity index is 1.54. The van der Waals surface area contributed by atoms with Gasteiger partial charge in [0.15, 0.2) is 6.29 Å². The van der Waals surface area contributed by atoms with E-state index in [0.717, 1.165) is 17.5 Å². The predicted molar refractivity (Wildman–Crippen MR) is 139 cm³/mol. The summed E-state index contributed by atoms with van der Waals surface area (Å²) in [7, 11) is 3.14. The average Bonchev–Trinajstić information content (AvgIpc) is 3.26. The van der Waals surface area contributed by atoms with Crippen LogP contribution in [0.3, 0.4) is 0 Å². The maximum atomic E-state index is 13.3. The van der Waals surface area contributed by atoms with E-state index in [9.17, 15) is 19.6 Å². The first-order valence-electron chi connectivity index (χ1n) is 12.6. The van der Waals surface area contributed by atoms with Crippen molar-refractivity contribution in [1.82, 2.24) is 14.9 Å². The Morgan fingerprint density at radius 2 is 2.13 bits per heavy atom. The fourth-order valence-corrected chi connectivity index (χ4v) is 5.01. The molecule has 11 nitrogen and oxygen atoms in total. The summed E-state index contributed by atoms with van der Waals surface area (Å²) in [6.45, 7) is 3.81. The van der Waals surface area contributed by atoms with Crippen molar-refractivity contribution in [3.63, 3.8) is 0 Å². The molecule has 2 aliphatic heterocycles. The molecule has 1 saturated heterocycles. The maximum Gasteiger partial charge on any atom is 0.328 e. The minimum atomic E-state index is -0.459. The number of nitrogens with zero attached hydrogens (tertiary/aromatic N) is 5. The van der Waals surface area contributed by atoms with Crippen LogP contribution in [0.5, 0.6) is 0 Å². The average molecular weight is 521 g/mol. The number of anilines is 2. The van der Waals surface area contributed by atoms with Crippen LogP contribution in [0.25, 0.3) is 0 Å². The van der Waals surface area contributed by atoms with Crippen LogP contribution >= 0.6 is 0 Å². The van der Waals surface area contributed by atoms with Crippen molar-refractivity contribution < 1.29 is 23.9 Å². The fourth-order valence-electron chi connectivity index (χ4n) is 5.01. The minimum absolute atomic E-state index is 0.103. The summed E-state index contributed by atoms with van der Waals surface area (Å²) < 4.78 is 10.4. The number of aryl methyl sites for hydroxylation is 1. The molecular weight excluding hydrogens is 488 g/mol. The van der Waals surface area contributed by atoms with Crippen molar-refractivity contribution in [2.24, 2.45) is 5.92 Å². The molecule has 0 unspecified atom stereocenters. The predicted octanol–water partition coefficient (Wildman–Crippen LogP) is 2.72. The molecule has 0 aliphatic carbocycles. The number of hydrogen-bond donors (Lipinski definition) is 1. The third-order valence-electron chi connectivity index (χ3n) is 6.89. The minimum Gasteiger partial charge on any atom is -0.384 e. The molecule has 2 aromatic heterocycles. The molecule has 2 aliphatic rings. The number of carbonyl (C=O) groups excluding carboxylic acids is 3. The van der Waals surface area contributed by atoms with Gasteiger partial charge in [-0.25, -0.2) is 14.8 Å². The molecule has 0 radical (unpaired) electrons. The molecule has 38 heavy (non-hydrogen) atoms. The van der Waals surface area contributed by atoms with Crippen LogP contribution in [0.2, 0.25) is 0 Å². The lowest BCUT2D eigenvalue weighted by molar-refractivity contribution is -0.136. The Bertz CT molecular complexity index is 1260. The van der Waals surface area contributed by atoms with Gasteiger partial charge in [0.2, 0.25) is 0 Å². The van der Waals surface area contributed by atoms with Gasteiger partial charge in [0.1, 0.15) is 29.5 Å². The van der Waals surface area contributed by atoms with Crippen molar-refractivity contribution in [2.45, 2.75) is 45.3 Å². The van der Waals surface area contributed by atoms with Crippen molar-refractivity contribution in [2.75, 3.05) is 44.1 Å². The lowest BCUT2D eigenvalue weighted by Gasteiger charge is -2.29. The molecule has 4 rings (SSSR count). The number of rotatable bonds is 9. The van der Waals surface area contributed by atoms with E-state index in [0.29, 0.717) is 68.0 Å². The second kappa shape index (κ2) is 12.1. The third kappa shape index (κ3) is 5.82. The number of ether oxygens (including phenoxy) is 2. The number of urea groups is 1. The van der Waals surface area contributed by atoms with Crippen LogP contribution in [0.4, 0.5) is 16.4 Å². The molecule has 200 valence electrons. The molecular formula is C27H32N6O5. The van der Waals surface area contributed by atoms with E-state index < -0.39 is 12.1 Å². The number of carbonyl (C=O) groups is 3. The molecule has 3 amide bonds. The number of nitriles is 1. The highest BCUT2D eigenvalue weighted by Crippen LogP contribution is 2.29. The van der Waals surface area contributed by atoms with E-state index in [1.165, 1.54) is 18.2 Å². The van der Waals surface area contributed by atoms with Gasteiger partial charge >= 0.3 is 6.03 Å². The van der Waals surface area contributed by atoms with Gasteiger partial charge in [0.25, 0.3) is 5.91 Å². The van der Waals surface area contributed by atoms with Crippen LogP contribution in [-0.4, -0.2) is 73.1 Å². The zero-order valence-corrected chi connectivity index (χ0v) is 21.9. The third-order valence-corrected chi connectivity index (χ3v) is 6.89. The molecule has 1 N–H and O–H groups in total. The first-order valence-corrected chi connectivity index (χ1v) is 12.6. The van der Waals surface area contributed by atoms with E-state index in [-0.39, 0.29) is 24.1 Å². The molecule has 4 heterocycles. The van der Waals surface area contributed by atoms with E-state index in [1.807, 2.05) is 13.0 Å². The van der Waals surface area contributed by atoms with Crippen LogP contribution in [0.15, 0.2) is 18.3 Å². The number of aldehydes is 1. The Hall–Kier alpha value is -3.88. The molecule has 0 saturated carbocycles. The summed E-state index contributed by atoms with van der Waals surface area (Å²) in [5, 5.41) is 12.3. The summed E-state index contributed by atoms with van der Waals surface area (Å²) in [4.78, 5) is 49.7. The summed E-state index contributed by atoms with van der Waals surface area (Å²) in [5.74, 6) is 0.829.